The van der Waals surface area contributed by atoms with Crippen LogP contribution in [0.25, 0.3) is 0 Å². The molecule has 0 amide bonds. The molecule has 1 aliphatic rings. The van der Waals surface area contributed by atoms with E-state index in [0.717, 1.165) is 35.8 Å². The van der Waals surface area contributed by atoms with Gasteiger partial charge in [0.2, 0.25) is 0 Å². The van der Waals surface area contributed by atoms with Gasteiger partial charge in [-0.3, -0.25) is 4.68 Å². The first-order valence-corrected chi connectivity index (χ1v) is 7.77. The normalized spacial score (nSPS) is 20.5. The number of nitrogens with zero attached hydrogens (tertiary/aromatic N) is 2. The van der Waals surface area contributed by atoms with Gasteiger partial charge in [-0.15, -0.1) is 0 Å². The SMILES string of the molecule is CCn1nc(C)c(Cl)c1CC(C)(O)C1CCCCC1. The average Bonchev–Trinajstić information content (AvgIpc) is 2.67. The largest absolute Gasteiger partial charge is 0.389 e. The number of hydrogen-bond donors (Lipinski definition) is 1. The Morgan fingerprint density at radius 3 is 2.58 bits per heavy atom. The van der Waals surface area contributed by atoms with Crippen molar-refractivity contribution in [1.82, 2.24) is 9.78 Å². The number of hydrogen-bond acceptors (Lipinski definition) is 2. The van der Waals surface area contributed by atoms with Gasteiger partial charge in [0.25, 0.3) is 0 Å². The van der Waals surface area contributed by atoms with Crippen molar-refractivity contribution in [3.05, 3.63) is 16.4 Å². The summed E-state index contributed by atoms with van der Waals surface area (Å²) in [6.45, 7) is 6.74. The zero-order chi connectivity index (χ0) is 14.0. The predicted molar refractivity (Wildman–Crippen MR) is 78.6 cm³/mol. The van der Waals surface area contributed by atoms with Crippen molar-refractivity contribution >= 4 is 11.6 Å². The lowest BCUT2D eigenvalue weighted by Crippen LogP contribution is -2.38. The maximum absolute atomic E-state index is 10.8. The third-order valence-electron chi connectivity index (χ3n) is 4.46. The summed E-state index contributed by atoms with van der Waals surface area (Å²) in [7, 11) is 0. The standard InChI is InChI=1S/C15H25ClN2O/c1-4-18-13(14(16)11(2)17-18)10-15(3,19)12-8-6-5-7-9-12/h12,19H,4-10H2,1-3H3. The Labute approximate surface area is 121 Å². The summed E-state index contributed by atoms with van der Waals surface area (Å²) < 4.78 is 1.93. The van der Waals surface area contributed by atoms with Gasteiger partial charge in [0.15, 0.2) is 0 Å². The number of aromatic nitrogens is 2. The molecule has 1 aromatic rings. The van der Waals surface area contributed by atoms with Crippen molar-refractivity contribution < 1.29 is 5.11 Å². The highest BCUT2D eigenvalue weighted by molar-refractivity contribution is 6.31. The van der Waals surface area contributed by atoms with E-state index >= 15 is 0 Å². The molecule has 1 unspecified atom stereocenters. The average molecular weight is 285 g/mol. The lowest BCUT2D eigenvalue weighted by atomic mass is 9.76. The van der Waals surface area contributed by atoms with Crippen LogP contribution in [0.15, 0.2) is 0 Å². The van der Waals surface area contributed by atoms with Crippen LogP contribution < -0.4 is 0 Å². The fourth-order valence-corrected chi connectivity index (χ4v) is 3.45. The Bertz CT molecular complexity index is 434. The zero-order valence-corrected chi connectivity index (χ0v) is 13.0. The molecule has 4 heteroatoms. The maximum Gasteiger partial charge on any atom is 0.0848 e. The van der Waals surface area contributed by atoms with Crippen molar-refractivity contribution in [3.63, 3.8) is 0 Å². The van der Waals surface area contributed by atoms with Crippen LogP contribution in [-0.2, 0) is 13.0 Å². The van der Waals surface area contributed by atoms with Gasteiger partial charge in [-0.25, -0.2) is 0 Å². The number of aryl methyl sites for hydroxylation is 2. The fraction of sp³-hybridized carbons (Fsp3) is 0.800. The summed E-state index contributed by atoms with van der Waals surface area (Å²) in [5, 5.41) is 16.0. The summed E-state index contributed by atoms with van der Waals surface area (Å²) in [6, 6.07) is 0. The minimum absolute atomic E-state index is 0.387. The number of halogens is 1. The number of aliphatic hydroxyl groups is 1. The van der Waals surface area contributed by atoms with E-state index in [0.29, 0.717) is 12.3 Å². The second-order valence-corrected chi connectivity index (χ2v) is 6.41. The Morgan fingerprint density at radius 2 is 2.00 bits per heavy atom. The van der Waals surface area contributed by atoms with E-state index in [-0.39, 0.29) is 0 Å². The molecule has 1 aliphatic carbocycles. The molecule has 1 aromatic heterocycles. The second kappa shape index (κ2) is 5.84. The number of rotatable bonds is 4. The molecule has 108 valence electrons. The molecule has 0 aromatic carbocycles. The molecular formula is C15H25ClN2O. The fourth-order valence-electron chi connectivity index (χ4n) is 3.25. The van der Waals surface area contributed by atoms with E-state index in [4.69, 9.17) is 11.6 Å². The van der Waals surface area contributed by atoms with Crippen molar-refractivity contribution in [1.29, 1.82) is 0 Å². The molecule has 0 aliphatic heterocycles. The van der Waals surface area contributed by atoms with Crippen LogP contribution >= 0.6 is 11.6 Å². The highest BCUT2D eigenvalue weighted by Gasteiger charge is 2.34. The Kier molecular flexibility index (Phi) is 4.57. The Morgan fingerprint density at radius 1 is 1.37 bits per heavy atom. The van der Waals surface area contributed by atoms with Crippen LogP contribution in [0.1, 0.15) is 57.3 Å². The maximum atomic E-state index is 10.8. The third-order valence-corrected chi connectivity index (χ3v) is 4.95. The first kappa shape index (κ1) is 14.9. The van der Waals surface area contributed by atoms with Gasteiger partial charge in [-0.05, 0) is 39.5 Å². The Hall–Kier alpha value is -0.540. The van der Waals surface area contributed by atoms with Crippen LogP contribution in [0.5, 0.6) is 0 Å². The second-order valence-electron chi connectivity index (χ2n) is 6.03. The van der Waals surface area contributed by atoms with E-state index in [1.165, 1.54) is 19.3 Å². The molecule has 19 heavy (non-hydrogen) atoms. The molecule has 1 fully saturated rings. The van der Waals surface area contributed by atoms with E-state index in [9.17, 15) is 5.11 Å². The molecule has 1 N–H and O–H groups in total. The predicted octanol–water partition coefficient (Wildman–Crippen LogP) is 3.74. The van der Waals surface area contributed by atoms with Gasteiger partial charge in [0.05, 0.1) is 22.0 Å². The molecule has 3 nitrogen and oxygen atoms in total. The molecule has 1 saturated carbocycles. The lowest BCUT2D eigenvalue weighted by Gasteiger charge is -2.35. The van der Waals surface area contributed by atoms with Crippen molar-refractivity contribution in [3.8, 4) is 0 Å². The van der Waals surface area contributed by atoms with E-state index in [2.05, 4.69) is 12.0 Å². The van der Waals surface area contributed by atoms with Gasteiger partial charge in [0, 0.05) is 13.0 Å². The van der Waals surface area contributed by atoms with Gasteiger partial charge in [0.1, 0.15) is 0 Å². The summed E-state index contributed by atoms with van der Waals surface area (Å²) in [6.07, 6.45) is 6.64. The Balaban J connectivity index is 2.19. The quantitative estimate of drug-likeness (QED) is 0.915. The smallest absolute Gasteiger partial charge is 0.0848 e. The first-order valence-electron chi connectivity index (χ1n) is 7.40. The third kappa shape index (κ3) is 3.14. The van der Waals surface area contributed by atoms with Crippen LogP contribution in [-0.4, -0.2) is 20.5 Å². The van der Waals surface area contributed by atoms with Crippen LogP contribution in [0.4, 0.5) is 0 Å². The highest BCUT2D eigenvalue weighted by Crippen LogP contribution is 2.36. The van der Waals surface area contributed by atoms with Gasteiger partial charge < -0.3 is 5.11 Å². The molecule has 0 spiro atoms. The summed E-state index contributed by atoms with van der Waals surface area (Å²) in [5.74, 6) is 0.387. The molecular weight excluding hydrogens is 260 g/mol. The summed E-state index contributed by atoms with van der Waals surface area (Å²) in [4.78, 5) is 0. The van der Waals surface area contributed by atoms with E-state index in [1.807, 2.05) is 18.5 Å². The summed E-state index contributed by atoms with van der Waals surface area (Å²) >= 11 is 6.34. The van der Waals surface area contributed by atoms with E-state index < -0.39 is 5.60 Å². The van der Waals surface area contributed by atoms with Crippen molar-refractivity contribution in [2.75, 3.05) is 0 Å². The topological polar surface area (TPSA) is 38.0 Å². The van der Waals surface area contributed by atoms with E-state index in [1.54, 1.807) is 0 Å². The lowest BCUT2D eigenvalue weighted by molar-refractivity contribution is -0.0174. The minimum atomic E-state index is -0.677. The highest BCUT2D eigenvalue weighted by atomic mass is 35.5. The molecule has 2 rings (SSSR count). The van der Waals surface area contributed by atoms with Gasteiger partial charge in [-0.1, -0.05) is 30.9 Å². The van der Waals surface area contributed by atoms with Gasteiger partial charge >= 0.3 is 0 Å². The zero-order valence-electron chi connectivity index (χ0n) is 12.2. The van der Waals surface area contributed by atoms with Gasteiger partial charge in [-0.2, -0.15) is 5.10 Å². The molecule has 1 atom stereocenters. The van der Waals surface area contributed by atoms with Crippen molar-refractivity contribution in [2.24, 2.45) is 5.92 Å². The summed E-state index contributed by atoms with van der Waals surface area (Å²) in [5.41, 5.74) is 1.17. The molecule has 0 bridgehead atoms. The van der Waals surface area contributed by atoms with Crippen LogP contribution in [0, 0.1) is 12.8 Å². The van der Waals surface area contributed by atoms with Crippen LogP contribution in [0.2, 0.25) is 5.02 Å². The molecule has 0 radical (unpaired) electrons. The first-order chi connectivity index (χ1) is 8.95. The monoisotopic (exact) mass is 284 g/mol. The van der Waals surface area contributed by atoms with Crippen LogP contribution in [0.3, 0.4) is 0 Å². The minimum Gasteiger partial charge on any atom is -0.389 e. The van der Waals surface area contributed by atoms with Crippen molar-refractivity contribution in [2.45, 2.75) is 71.4 Å². The molecule has 0 saturated heterocycles. The molecule has 1 heterocycles.